The van der Waals surface area contributed by atoms with E-state index in [0.717, 1.165) is 11.3 Å². The summed E-state index contributed by atoms with van der Waals surface area (Å²) in [6, 6.07) is 12.6. The second kappa shape index (κ2) is 8.10. The molecular weight excluding hydrogens is 350 g/mol. The highest BCUT2D eigenvalue weighted by Gasteiger charge is 2.15. The van der Waals surface area contributed by atoms with Crippen molar-refractivity contribution < 1.29 is 17.9 Å². The Hall–Kier alpha value is -2.05. The molecule has 2 aromatic rings. The van der Waals surface area contributed by atoms with Crippen molar-refractivity contribution >= 4 is 10.0 Å². The van der Waals surface area contributed by atoms with E-state index in [1.807, 2.05) is 31.2 Å². The third-order valence-electron chi connectivity index (χ3n) is 4.06. The van der Waals surface area contributed by atoms with E-state index >= 15 is 0 Å². The Morgan fingerprint density at radius 2 is 1.69 bits per heavy atom. The monoisotopic (exact) mass is 377 g/mol. The summed E-state index contributed by atoms with van der Waals surface area (Å²) in [6.45, 7) is 8.70. The van der Waals surface area contributed by atoms with Gasteiger partial charge in [0.25, 0.3) is 0 Å². The first-order chi connectivity index (χ1) is 12.1. The molecule has 0 fully saturated rings. The first-order valence-electron chi connectivity index (χ1n) is 8.51. The standard InChI is InChI=1S/C20H27NO4S/c1-15-14-18(10-11-19(15)24-5)26(22,23)21-12-13-25-17-8-6-16(7-9-17)20(2,3)4/h6-11,14,21H,12-13H2,1-5H3. The minimum absolute atomic E-state index is 0.0880. The van der Waals surface area contributed by atoms with Gasteiger partial charge < -0.3 is 9.47 Å². The van der Waals surface area contributed by atoms with Gasteiger partial charge in [-0.05, 0) is 53.8 Å². The predicted octanol–water partition coefficient (Wildman–Crippen LogP) is 3.66. The van der Waals surface area contributed by atoms with Gasteiger partial charge in [0.2, 0.25) is 10.0 Å². The number of hydrogen-bond donors (Lipinski definition) is 1. The highest BCUT2D eigenvalue weighted by Crippen LogP contribution is 2.24. The molecule has 0 aliphatic rings. The quantitative estimate of drug-likeness (QED) is 0.748. The van der Waals surface area contributed by atoms with E-state index in [2.05, 4.69) is 25.5 Å². The van der Waals surface area contributed by atoms with Crippen molar-refractivity contribution in [2.45, 2.75) is 38.0 Å². The Morgan fingerprint density at radius 1 is 1.04 bits per heavy atom. The lowest BCUT2D eigenvalue weighted by atomic mass is 9.87. The molecule has 6 heteroatoms. The van der Waals surface area contributed by atoms with Crippen LogP contribution in [0.5, 0.6) is 11.5 Å². The van der Waals surface area contributed by atoms with Crippen LogP contribution in [0.3, 0.4) is 0 Å². The van der Waals surface area contributed by atoms with E-state index in [-0.39, 0.29) is 23.5 Å². The second-order valence-electron chi connectivity index (χ2n) is 7.15. The zero-order valence-electron chi connectivity index (χ0n) is 16.0. The molecule has 2 rings (SSSR count). The Morgan fingerprint density at radius 3 is 2.23 bits per heavy atom. The van der Waals surface area contributed by atoms with E-state index in [1.165, 1.54) is 11.6 Å². The fraction of sp³-hybridized carbons (Fsp3) is 0.400. The summed E-state index contributed by atoms with van der Waals surface area (Å²) in [7, 11) is -2.02. The summed E-state index contributed by atoms with van der Waals surface area (Å²) in [5, 5.41) is 0. The SMILES string of the molecule is COc1ccc(S(=O)(=O)NCCOc2ccc(C(C)(C)C)cc2)cc1C. The first-order valence-corrected chi connectivity index (χ1v) is 9.99. The number of ether oxygens (including phenoxy) is 2. The van der Waals surface area contributed by atoms with Gasteiger partial charge in [-0.25, -0.2) is 13.1 Å². The minimum Gasteiger partial charge on any atom is -0.496 e. The molecule has 26 heavy (non-hydrogen) atoms. The molecule has 142 valence electrons. The van der Waals surface area contributed by atoms with Crippen molar-refractivity contribution in [3.63, 3.8) is 0 Å². The Bertz CT molecular complexity index is 837. The molecule has 0 aromatic heterocycles. The Balaban J connectivity index is 1.90. The van der Waals surface area contributed by atoms with Crippen LogP contribution < -0.4 is 14.2 Å². The van der Waals surface area contributed by atoms with Crippen LogP contribution in [0, 0.1) is 6.92 Å². The molecule has 0 aliphatic heterocycles. The summed E-state index contributed by atoms with van der Waals surface area (Å²) in [5.74, 6) is 1.38. The number of benzene rings is 2. The van der Waals surface area contributed by atoms with Crippen LogP contribution >= 0.6 is 0 Å². The first kappa shape index (κ1) is 20.3. The smallest absolute Gasteiger partial charge is 0.240 e. The van der Waals surface area contributed by atoms with E-state index < -0.39 is 10.0 Å². The molecule has 0 amide bonds. The van der Waals surface area contributed by atoms with Gasteiger partial charge in [0, 0.05) is 6.54 Å². The van der Waals surface area contributed by atoms with Crippen LogP contribution in [0.25, 0.3) is 0 Å². The second-order valence-corrected chi connectivity index (χ2v) is 8.92. The van der Waals surface area contributed by atoms with Crippen LogP contribution in [0.1, 0.15) is 31.9 Å². The molecule has 0 unspecified atom stereocenters. The van der Waals surface area contributed by atoms with Crippen molar-refractivity contribution in [3.05, 3.63) is 53.6 Å². The maximum absolute atomic E-state index is 12.3. The number of methoxy groups -OCH3 is 1. The van der Waals surface area contributed by atoms with Gasteiger partial charge >= 0.3 is 0 Å². The number of nitrogens with one attached hydrogen (secondary N) is 1. The highest BCUT2D eigenvalue weighted by atomic mass is 32.2. The number of aryl methyl sites for hydroxylation is 1. The number of hydrogen-bond acceptors (Lipinski definition) is 4. The summed E-state index contributed by atoms with van der Waals surface area (Å²) < 4.78 is 38.0. The van der Waals surface area contributed by atoms with E-state index in [4.69, 9.17) is 9.47 Å². The lowest BCUT2D eigenvalue weighted by Crippen LogP contribution is -2.28. The van der Waals surface area contributed by atoms with Gasteiger partial charge in [0.1, 0.15) is 18.1 Å². The lowest BCUT2D eigenvalue weighted by molar-refractivity contribution is 0.322. The van der Waals surface area contributed by atoms with Gasteiger partial charge in [0.05, 0.1) is 12.0 Å². The van der Waals surface area contributed by atoms with Gasteiger partial charge in [0.15, 0.2) is 0 Å². The topological polar surface area (TPSA) is 64.6 Å². The molecule has 1 N–H and O–H groups in total. The molecule has 0 bridgehead atoms. The summed E-state index contributed by atoms with van der Waals surface area (Å²) in [4.78, 5) is 0.213. The molecule has 0 aliphatic carbocycles. The predicted molar refractivity (Wildman–Crippen MR) is 104 cm³/mol. The largest absolute Gasteiger partial charge is 0.496 e. The van der Waals surface area contributed by atoms with Crippen LogP contribution in [0.2, 0.25) is 0 Å². The number of sulfonamides is 1. The van der Waals surface area contributed by atoms with Crippen molar-refractivity contribution in [3.8, 4) is 11.5 Å². The van der Waals surface area contributed by atoms with Gasteiger partial charge in [-0.15, -0.1) is 0 Å². The maximum Gasteiger partial charge on any atom is 0.240 e. The van der Waals surface area contributed by atoms with Crippen LogP contribution in [0.15, 0.2) is 47.4 Å². The molecule has 0 atom stereocenters. The molecule has 2 aromatic carbocycles. The van der Waals surface area contributed by atoms with Crippen LogP contribution in [0.4, 0.5) is 0 Å². The molecule has 0 spiro atoms. The normalized spacial score (nSPS) is 12.0. The lowest BCUT2D eigenvalue weighted by Gasteiger charge is -2.19. The van der Waals surface area contributed by atoms with E-state index in [1.54, 1.807) is 19.2 Å². The fourth-order valence-electron chi connectivity index (χ4n) is 2.50. The Labute approximate surface area is 156 Å². The maximum atomic E-state index is 12.3. The van der Waals surface area contributed by atoms with Crippen molar-refractivity contribution in [1.82, 2.24) is 4.72 Å². The summed E-state index contributed by atoms with van der Waals surface area (Å²) in [6.07, 6.45) is 0. The molecule has 0 saturated carbocycles. The molecule has 0 radical (unpaired) electrons. The zero-order chi connectivity index (χ0) is 19.4. The molecular formula is C20H27NO4S. The van der Waals surface area contributed by atoms with Crippen LogP contribution in [-0.4, -0.2) is 28.7 Å². The zero-order valence-corrected chi connectivity index (χ0v) is 16.8. The summed E-state index contributed by atoms with van der Waals surface area (Å²) in [5.41, 5.74) is 2.08. The average Bonchev–Trinajstić information content (AvgIpc) is 2.58. The minimum atomic E-state index is -3.57. The van der Waals surface area contributed by atoms with Crippen molar-refractivity contribution in [1.29, 1.82) is 0 Å². The fourth-order valence-corrected chi connectivity index (χ4v) is 3.60. The molecule has 5 nitrogen and oxygen atoms in total. The third-order valence-corrected chi connectivity index (χ3v) is 5.52. The van der Waals surface area contributed by atoms with Gasteiger partial charge in [-0.1, -0.05) is 32.9 Å². The molecule has 0 heterocycles. The van der Waals surface area contributed by atoms with E-state index in [9.17, 15) is 8.42 Å². The van der Waals surface area contributed by atoms with Crippen molar-refractivity contribution in [2.75, 3.05) is 20.3 Å². The average molecular weight is 378 g/mol. The van der Waals surface area contributed by atoms with Gasteiger partial charge in [-0.3, -0.25) is 0 Å². The highest BCUT2D eigenvalue weighted by molar-refractivity contribution is 7.89. The molecule has 0 saturated heterocycles. The van der Waals surface area contributed by atoms with Gasteiger partial charge in [-0.2, -0.15) is 0 Å². The Kier molecular flexibility index (Phi) is 6.31. The summed E-state index contributed by atoms with van der Waals surface area (Å²) >= 11 is 0. The van der Waals surface area contributed by atoms with E-state index in [0.29, 0.717) is 5.75 Å². The van der Waals surface area contributed by atoms with Crippen LogP contribution in [-0.2, 0) is 15.4 Å². The van der Waals surface area contributed by atoms with Crippen molar-refractivity contribution in [2.24, 2.45) is 0 Å². The third kappa shape index (κ3) is 5.22. The number of rotatable bonds is 7.